The second-order valence-corrected chi connectivity index (χ2v) is 15.3. The summed E-state index contributed by atoms with van der Waals surface area (Å²) in [7, 11) is 0. The van der Waals surface area contributed by atoms with E-state index < -0.39 is 151 Å². The Hall–Kier alpha value is -7.67. The van der Waals surface area contributed by atoms with Crippen molar-refractivity contribution in [2.45, 2.75) is 170 Å². The maximum atomic E-state index is 12.6. The lowest BCUT2D eigenvalue weighted by molar-refractivity contribution is -0.190. The smallest absolute Gasteiger partial charge is 0.347 e. The molecule has 1 radical (unpaired) electrons. The predicted octanol–water partition coefficient (Wildman–Crippen LogP) is 1.13. The first kappa shape index (κ1) is 62.3. The molecule has 0 saturated heterocycles. The molecule has 0 N–H and O–H groups in total. The number of hydrogen-bond acceptors (Lipinski definition) is 26. The summed E-state index contributed by atoms with van der Waals surface area (Å²) in [6, 6.07) is 8.69. The lowest BCUT2D eigenvalue weighted by Gasteiger charge is -2.21. The van der Waals surface area contributed by atoms with Crippen molar-refractivity contribution in [2.24, 2.45) is 0 Å². The molecular formula is C46H59O26. The highest BCUT2D eigenvalue weighted by Gasteiger charge is 2.35. The fraction of sp³-hybridized carbons (Fsp3) is 0.565. The van der Waals surface area contributed by atoms with Crippen molar-refractivity contribution in [3.63, 3.8) is 0 Å². The van der Waals surface area contributed by atoms with Crippen LogP contribution >= 0.6 is 0 Å². The van der Waals surface area contributed by atoms with E-state index in [0.717, 1.165) is 75.7 Å². The monoisotopic (exact) mass is 1030 g/mol. The van der Waals surface area contributed by atoms with Crippen LogP contribution in [0.4, 0.5) is 0 Å². The molecule has 26 heteroatoms. The highest BCUT2D eigenvalue weighted by molar-refractivity contribution is 5.89. The lowest BCUT2D eigenvalue weighted by Crippen LogP contribution is -2.40. The molecule has 0 amide bonds. The molecule has 0 saturated carbocycles. The lowest BCUT2D eigenvalue weighted by atomic mass is 10.2. The molecule has 0 heterocycles. The minimum atomic E-state index is -1.72. The number of carbonyl (C=O) groups is 13. The first-order valence-corrected chi connectivity index (χ1v) is 21.9. The Morgan fingerprint density at radius 1 is 0.306 bits per heavy atom. The van der Waals surface area contributed by atoms with E-state index in [1.807, 2.05) is 0 Å². The van der Waals surface area contributed by atoms with Crippen LogP contribution in [0.5, 0.6) is 0 Å². The van der Waals surface area contributed by atoms with Crippen LogP contribution in [0.1, 0.15) is 95.6 Å². The second kappa shape index (κ2) is 30.2. The minimum absolute atomic E-state index is 0.0765. The van der Waals surface area contributed by atoms with Crippen molar-refractivity contribution >= 4 is 77.6 Å². The Morgan fingerprint density at radius 3 is 0.681 bits per heavy atom. The Morgan fingerprint density at radius 2 is 0.486 bits per heavy atom. The van der Waals surface area contributed by atoms with Gasteiger partial charge in [0.05, 0.1) is 6.42 Å². The molecule has 1 rings (SSSR count). The molecule has 0 spiro atoms. The summed E-state index contributed by atoms with van der Waals surface area (Å²) in [6.45, 7) is 14.4. The second-order valence-electron chi connectivity index (χ2n) is 15.3. The summed E-state index contributed by atoms with van der Waals surface area (Å²) >= 11 is 0. The van der Waals surface area contributed by atoms with Crippen molar-refractivity contribution in [1.82, 2.24) is 0 Å². The molecule has 0 aliphatic carbocycles. The Labute approximate surface area is 413 Å². The summed E-state index contributed by atoms with van der Waals surface area (Å²) in [5.41, 5.74) is 0.692. The van der Waals surface area contributed by atoms with E-state index in [-0.39, 0.29) is 6.61 Å². The van der Waals surface area contributed by atoms with Gasteiger partial charge in [-0.3, -0.25) is 4.79 Å². The normalized spacial score (nSPS) is 15.7. The van der Waals surface area contributed by atoms with Crippen LogP contribution < -0.4 is 0 Å². The van der Waals surface area contributed by atoms with Gasteiger partial charge in [-0.1, -0.05) is 37.3 Å². The molecule has 399 valence electrons. The molecule has 26 nitrogen and oxygen atoms in total. The van der Waals surface area contributed by atoms with Crippen molar-refractivity contribution in [1.29, 1.82) is 0 Å². The molecular weight excluding hydrogens is 968 g/mol. The largest absolute Gasteiger partial charge is 0.458 e. The SMILES string of the molecule is C[CH]C(=O)O[C@@H](C)C(=O)O[C@@H](C)C(=O)O[C@@H](C)C(=O)O[C@@H](C)C(=O)O[C@@H](C)C(=O)O[C@@H](C)C(=O)O[C@@H](C)C(=O)O[C@@H](C)C(=O)O[C@@H](C)C(=O)O[C@@H](C)C(=O)O[C@@H](C)C(=O)O[C@@H](C)C(=O)OCc1ccccc1. The number of hydrogen-bond donors (Lipinski definition) is 0. The maximum absolute atomic E-state index is 12.6. The number of benzene rings is 1. The summed E-state index contributed by atoms with van der Waals surface area (Å²) < 4.78 is 64.1. The van der Waals surface area contributed by atoms with Gasteiger partial charge in [-0.2, -0.15) is 0 Å². The van der Waals surface area contributed by atoms with Crippen molar-refractivity contribution in [3.8, 4) is 0 Å². The van der Waals surface area contributed by atoms with Crippen LogP contribution in [0.3, 0.4) is 0 Å². The first-order valence-electron chi connectivity index (χ1n) is 21.9. The molecule has 0 unspecified atom stereocenters. The van der Waals surface area contributed by atoms with E-state index in [4.69, 9.17) is 61.6 Å². The standard InChI is InChI=1S/C46H59O26/c1-14-34(47)61-22(3)36(49)63-24(5)38(51)65-26(7)40(53)67-28(9)42(55)69-30(11)44(57)71-32(13)46(59)72-31(12)45(58)70-29(10)43(56)68-27(8)41(54)66-25(6)39(52)64-23(4)37(50)62-21(2)35(48)60-20-33-18-16-15-17-19-33/h14-19,21-32H,20H2,1-13H3/t21-,22-,23-,24-,25-,26-,27-,28-,29-,30-,31-,32-/m0/s1. The van der Waals surface area contributed by atoms with Gasteiger partial charge in [0.25, 0.3) is 0 Å². The molecule has 0 aliphatic rings. The molecule has 1 aromatic rings. The van der Waals surface area contributed by atoms with Crippen LogP contribution in [-0.2, 0) is 131 Å². The number of ether oxygens (including phenoxy) is 13. The summed E-state index contributed by atoms with van der Waals surface area (Å²) in [6.07, 6.45) is -18.3. The molecule has 0 aliphatic heterocycles. The third kappa shape index (κ3) is 22.0. The van der Waals surface area contributed by atoms with Gasteiger partial charge >= 0.3 is 77.6 Å². The summed E-state index contributed by atoms with van der Waals surface area (Å²) in [5.74, 6) is -15.2. The summed E-state index contributed by atoms with van der Waals surface area (Å²) in [5, 5.41) is 0. The Bertz CT molecular complexity index is 2120. The number of carbonyl (C=O) groups excluding carboxylic acids is 13. The average Bonchev–Trinajstić information content (AvgIpc) is 3.32. The van der Waals surface area contributed by atoms with Crippen molar-refractivity contribution in [3.05, 3.63) is 42.3 Å². The van der Waals surface area contributed by atoms with E-state index in [9.17, 15) is 62.3 Å². The topological polar surface area (TPSA) is 342 Å². The number of esters is 13. The molecule has 0 aromatic heterocycles. The van der Waals surface area contributed by atoms with Gasteiger partial charge in [0.15, 0.2) is 73.2 Å². The van der Waals surface area contributed by atoms with Crippen LogP contribution in [0.2, 0.25) is 0 Å². The van der Waals surface area contributed by atoms with Crippen LogP contribution in [0.25, 0.3) is 0 Å². The zero-order valence-corrected chi connectivity index (χ0v) is 41.7. The van der Waals surface area contributed by atoms with Gasteiger partial charge < -0.3 is 61.6 Å². The van der Waals surface area contributed by atoms with Crippen molar-refractivity contribution in [2.75, 3.05) is 0 Å². The zero-order valence-electron chi connectivity index (χ0n) is 41.7. The average molecular weight is 1030 g/mol. The van der Waals surface area contributed by atoms with Crippen LogP contribution in [0, 0.1) is 6.42 Å². The molecule has 0 fully saturated rings. The zero-order chi connectivity index (χ0) is 55.2. The molecule has 1 aromatic carbocycles. The van der Waals surface area contributed by atoms with E-state index in [0.29, 0.717) is 5.56 Å². The highest BCUT2D eigenvalue weighted by atomic mass is 16.7. The minimum Gasteiger partial charge on any atom is -0.458 e. The molecule has 72 heavy (non-hydrogen) atoms. The Kier molecular flexibility index (Phi) is 26.1. The van der Waals surface area contributed by atoms with E-state index >= 15 is 0 Å². The third-order valence-corrected chi connectivity index (χ3v) is 8.96. The third-order valence-electron chi connectivity index (χ3n) is 8.96. The van der Waals surface area contributed by atoms with Gasteiger partial charge in [-0.25, -0.2) is 57.5 Å². The van der Waals surface area contributed by atoms with Gasteiger partial charge in [-0.05, 0) is 88.6 Å². The van der Waals surface area contributed by atoms with E-state index in [1.165, 1.54) is 20.8 Å². The van der Waals surface area contributed by atoms with Gasteiger partial charge in [0.2, 0.25) is 0 Å². The maximum Gasteiger partial charge on any atom is 0.347 e. The van der Waals surface area contributed by atoms with Crippen molar-refractivity contribution < 1.29 is 124 Å². The van der Waals surface area contributed by atoms with Crippen LogP contribution in [-0.4, -0.2) is 151 Å². The number of rotatable bonds is 27. The van der Waals surface area contributed by atoms with Crippen LogP contribution in [0.15, 0.2) is 30.3 Å². The van der Waals surface area contributed by atoms with Gasteiger partial charge in [0, 0.05) is 0 Å². The fourth-order valence-electron chi connectivity index (χ4n) is 4.64. The fourth-order valence-corrected chi connectivity index (χ4v) is 4.64. The molecule has 12 atom stereocenters. The van der Waals surface area contributed by atoms with Gasteiger partial charge in [0.1, 0.15) is 6.61 Å². The first-order chi connectivity index (χ1) is 33.5. The van der Waals surface area contributed by atoms with E-state index in [2.05, 4.69) is 0 Å². The Balaban J connectivity index is 2.54. The molecule has 0 bridgehead atoms. The summed E-state index contributed by atoms with van der Waals surface area (Å²) in [4.78, 5) is 161. The van der Waals surface area contributed by atoms with E-state index in [1.54, 1.807) is 30.3 Å². The quantitative estimate of drug-likeness (QED) is 0.0880. The van der Waals surface area contributed by atoms with Gasteiger partial charge in [-0.15, -0.1) is 0 Å². The highest BCUT2D eigenvalue weighted by Crippen LogP contribution is 2.13. The predicted molar refractivity (Wildman–Crippen MR) is 233 cm³/mol.